The molecule has 0 spiro atoms. The molecule has 0 N–H and O–H groups in total. The van der Waals surface area contributed by atoms with Crippen molar-refractivity contribution in [2.75, 3.05) is 18.5 Å². The van der Waals surface area contributed by atoms with Crippen LogP contribution in [0.4, 0.5) is 15.6 Å². The number of hydrogen-bond acceptors (Lipinski definition) is 7. The zero-order valence-electron chi connectivity index (χ0n) is 12.8. The minimum absolute atomic E-state index is 0.0462. The summed E-state index contributed by atoms with van der Waals surface area (Å²) in [5.74, 6) is -0.743. The van der Waals surface area contributed by atoms with E-state index in [9.17, 15) is 19.7 Å². The number of hydrogen-bond donors (Lipinski definition) is 0. The number of ether oxygens (including phenoxy) is 1. The summed E-state index contributed by atoms with van der Waals surface area (Å²) in [6.07, 6.45) is 0.761. The molecule has 0 saturated carbocycles. The van der Waals surface area contributed by atoms with Gasteiger partial charge in [-0.05, 0) is 28.7 Å². The van der Waals surface area contributed by atoms with E-state index in [1.54, 1.807) is 13.2 Å². The number of anilines is 1. The average Bonchev–Trinajstić information content (AvgIpc) is 3.11. The van der Waals surface area contributed by atoms with Gasteiger partial charge in [-0.2, -0.15) is 0 Å². The first-order chi connectivity index (χ1) is 11.9. The molecule has 2 aromatic rings. The Bertz CT molecular complexity index is 857. The third kappa shape index (κ3) is 3.56. The number of rotatable bonds is 4. The van der Waals surface area contributed by atoms with Crippen molar-refractivity contribution >= 4 is 56.7 Å². The Labute approximate surface area is 159 Å². The van der Waals surface area contributed by atoms with Crippen LogP contribution in [0.1, 0.15) is 10.4 Å². The fourth-order valence-electron chi connectivity index (χ4n) is 2.29. The van der Waals surface area contributed by atoms with Gasteiger partial charge in [0.25, 0.3) is 5.69 Å². The zero-order valence-corrected chi connectivity index (χ0v) is 15.8. The van der Waals surface area contributed by atoms with Crippen molar-refractivity contribution in [1.29, 1.82) is 0 Å². The number of carbonyl (C=O) groups is 2. The lowest BCUT2D eigenvalue weighted by molar-refractivity contribution is -0.384. The fourth-order valence-corrected chi connectivity index (χ4v) is 3.70. The summed E-state index contributed by atoms with van der Waals surface area (Å²) in [4.78, 5) is 41.8. The van der Waals surface area contributed by atoms with Crippen LogP contribution < -0.4 is 4.90 Å². The third-order valence-corrected chi connectivity index (χ3v) is 5.18. The molecule has 130 valence electrons. The highest BCUT2D eigenvalue weighted by Crippen LogP contribution is 2.30. The van der Waals surface area contributed by atoms with Crippen LogP contribution in [0.15, 0.2) is 30.5 Å². The Morgan fingerprint density at radius 1 is 1.52 bits per heavy atom. The number of benzene rings is 1. The Morgan fingerprint density at radius 2 is 2.28 bits per heavy atom. The highest BCUT2D eigenvalue weighted by Gasteiger charge is 2.40. The molecule has 25 heavy (non-hydrogen) atoms. The van der Waals surface area contributed by atoms with Gasteiger partial charge in [0.1, 0.15) is 0 Å². The number of amides is 2. The number of urea groups is 1. The van der Waals surface area contributed by atoms with E-state index in [4.69, 9.17) is 4.74 Å². The highest BCUT2D eigenvalue weighted by atomic mass is 127. The predicted octanol–water partition coefficient (Wildman–Crippen LogP) is 2.71. The van der Waals surface area contributed by atoms with Gasteiger partial charge in [-0.1, -0.05) is 17.4 Å². The van der Waals surface area contributed by atoms with E-state index in [-0.39, 0.29) is 23.8 Å². The van der Waals surface area contributed by atoms with Gasteiger partial charge in [0.15, 0.2) is 5.13 Å². The molecular formula is C14H11IN4O5S. The number of likely N-dealkylation sites (N-methyl/N-ethyl adjacent to an activating group) is 1. The summed E-state index contributed by atoms with van der Waals surface area (Å²) < 4.78 is 6.30. The van der Waals surface area contributed by atoms with Gasteiger partial charge in [-0.15, -0.1) is 0 Å². The number of thiazole rings is 1. The first-order valence-corrected chi connectivity index (χ1v) is 8.87. The molecule has 11 heteroatoms. The van der Waals surface area contributed by atoms with E-state index >= 15 is 0 Å². The number of nitrogens with zero attached hydrogens (tertiary/aromatic N) is 4. The van der Waals surface area contributed by atoms with Crippen LogP contribution in [0.2, 0.25) is 0 Å². The molecule has 0 aliphatic carbocycles. The number of nitro groups is 1. The highest BCUT2D eigenvalue weighted by molar-refractivity contribution is 14.1. The number of halogens is 1. The monoisotopic (exact) mass is 474 g/mol. The van der Waals surface area contributed by atoms with Crippen LogP contribution in [0.25, 0.3) is 0 Å². The summed E-state index contributed by atoms with van der Waals surface area (Å²) >= 11 is 3.38. The average molecular weight is 474 g/mol. The second-order valence-electron chi connectivity index (χ2n) is 5.15. The Balaban J connectivity index is 1.83. The normalized spacial score (nSPS) is 17.0. The second-order valence-corrected chi connectivity index (χ2v) is 8.05. The summed E-state index contributed by atoms with van der Waals surface area (Å²) in [5.41, 5.74) is -0.162. The topological polar surface area (TPSA) is 106 Å². The lowest BCUT2D eigenvalue weighted by atomic mass is 10.2. The maximum Gasteiger partial charge on any atom is 0.340 e. The third-order valence-electron chi connectivity index (χ3n) is 3.46. The second kappa shape index (κ2) is 6.92. The van der Waals surface area contributed by atoms with Gasteiger partial charge in [0, 0.05) is 19.2 Å². The zero-order chi connectivity index (χ0) is 18.1. The van der Waals surface area contributed by atoms with E-state index in [1.807, 2.05) is 0 Å². The van der Waals surface area contributed by atoms with Gasteiger partial charge >= 0.3 is 12.0 Å². The molecule has 2 amide bonds. The quantitative estimate of drug-likeness (QED) is 0.292. The van der Waals surface area contributed by atoms with Gasteiger partial charge in [0.2, 0.25) is 6.23 Å². The number of non-ortho nitro benzene ring substituents is 1. The van der Waals surface area contributed by atoms with Crippen LogP contribution in [0.5, 0.6) is 0 Å². The van der Waals surface area contributed by atoms with E-state index in [0.717, 1.165) is 8.95 Å². The van der Waals surface area contributed by atoms with E-state index in [2.05, 4.69) is 27.6 Å². The molecule has 1 aliphatic rings. The van der Waals surface area contributed by atoms with Gasteiger partial charge in [-0.3, -0.25) is 10.1 Å². The molecule has 1 aromatic heterocycles. The molecule has 1 atom stereocenters. The SMILES string of the molecule is CN1CC(OC(=O)c2cccc([N+](=O)[O-])c2)N(c2ncc(I)s2)C1=O. The number of aromatic nitrogens is 1. The molecule has 1 fully saturated rings. The number of nitro benzene ring substituents is 1. The molecule has 1 aliphatic heterocycles. The molecular weight excluding hydrogens is 463 g/mol. The standard InChI is InChI=1S/C14H11IN4O5S/c1-17-7-11(18(14(17)21)13-16-6-10(15)25-13)24-12(20)8-3-2-4-9(5-8)19(22)23/h2-6,11H,7H2,1H3. The Kier molecular flexibility index (Phi) is 4.85. The summed E-state index contributed by atoms with van der Waals surface area (Å²) in [7, 11) is 1.59. The number of esters is 1. The maximum atomic E-state index is 12.4. The Hall–Kier alpha value is -2.28. The van der Waals surface area contributed by atoms with Crippen molar-refractivity contribution < 1.29 is 19.2 Å². The first kappa shape index (κ1) is 17.5. The molecule has 2 heterocycles. The van der Waals surface area contributed by atoms with Crippen molar-refractivity contribution in [3.8, 4) is 0 Å². The minimum atomic E-state index is -0.855. The van der Waals surface area contributed by atoms with Crippen LogP contribution in [0.3, 0.4) is 0 Å². The minimum Gasteiger partial charge on any atom is -0.435 e. The molecule has 1 aromatic carbocycles. The van der Waals surface area contributed by atoms with Gasteiger partial charge in [0.05, 0.1) is 26.1 Å². The smallest absolute Gasteiger partial charge is 0.340 e. The molecule has 9 nitrogen and oxygen atoms in total. The van der Waals surface area contributed by atoms with Crippen molar-refractivity contribution in [2.45, 2.75) is 6.23 Å². The van der Waals surface area contributed by atoms with Gasteiger partial charge < -0.3 is 9.64 Å². The number of carbonyl (C=O) groups excluding carboxylic acids is 2. The lowest BCUT2D eigenvalue weighted by Gasteiger charge is -2.20. The first-order valence-electron chi connectivity index (χ1n) is 6.98. The molecule has 0 bridgehead atoms. The maximum absolute atomic E-state index is 12.4. The van der Waals surface area contributed by atoms with Crippen LogP contribution in [0, 0.1) is 13.0 Å². The van der Waals surface area contributed by atoms with Crippen LogP contribution in [-0.4, -0.2) is 46.6 Å². The van der Waals surface area contributed by atoms with Crippen LogP contribution in [-0.2, 0) is 4.74 Å². The van der Waals surface area contributed by atoms with E-state index < -0.39 is 17.1 Å². The fraction of sp³-hybridized carbons (Fsp3) is 0.214. The predicted molar refractivity (Wildman–Crippen MR) is 97.6 cm³/mol. The molecule has 1 saturated heterocycles. The van der Waals surface area contributed by atoms with Crippen molar-refractivity contribution in [3.05, 3.63) is 49.0 Å². The molecule has 3 rings (SSSR count). The lowest BCUT2D eigenvalue weighted by Crippen LogP contribution is -2.37. The molecule has 0 radical (unpaired) electrons. The summed E-state index contributed by atoms with van der Waals surface area (Å²) in [6, 6.07) is 4.92. The Morgan fingerprint density at radius 3 is 2.92 bits per heavy atom. The summed E-state index contributed by atoms with van der Waals surface area (Å²) in [5, 5.41) is 11.3. The van der Waals surface area contributed by atoms with Gasteiger partial charge in [-0.25, -0.2) is 19.5 Å². The van der Waals surface area contributed by atoms with Crippen molar-refractivity contribution in [1.82, 2.24) is 9.88 Å². The van der Waals surface area contributed by atoms with E-state index in [0.29, 0.717) is 5.13 Å². The van der Waals surface area contributed by atoms with Crippen molar-refractivity contribution in [3.63, 3.8) is 0 Å². The largest absolute Gasteiger partial charge is 0.435 e. The van der Waals surface area contributed by atoms with Crippen LogP contribution >= 0.6 is 33.9 Å². The molecule has 1 unspecified atom stereocenters. The summed E-state index contributed by atoms with van der Waals surface area (Å²) in [6.45, 7) is 0.176. The van der Waals surface area contributed by atoms with Crippen molar-refractivity contribution in [2.24, 2.45) is 0 Å². The van der Waals surface area contributed by atoms with E-state index in [1.165, 1.54) is 39.3 Å².